The molecule has 7 nitrogen and oxygen atoms in total. The van der Waals surface area contributed by atoms with Crippen LogP contribution in [0.4, 0.5) is 9.18 Å². The standard InChI is InChI=1S/C20H24FN3O4.ClH/c21-15-3-1-2-12-4-8-20(22,16(12)15)9-5-14-17(25)23-19(27)24(18(14)26)13-6-10-28-11-7-13;/h1-3,13-14H,4-11,22H2,(H,23,25,27);1H/t14?,20-;/m0./s1. The number of carbonyl (C=O) groups is 3. The maximum atomic E-state index is 14.4. The number of aryl methyl sites for hydroxylation is 1. The summed E-state index contributed by atoms with van der Waals surface area (Å²) in [5.41, 5.74) is 6.95. The number of hydrogen-bond donors (Lipinski definition) is 2. The highest BCUT2D eigenvalue weighted by Gasteiger charge is 2.45. The molecule has 4 rings (SSSR count). The average Bonchev–Trinajstić information content (AvgIpc) is 3.00. The minimum atomic E-state index is -0.989. The Morgan fingerprint density at radius 3 is 2.69 bits per heavy atom. The van der Waals surface area contributed by atoms with Crippen molar-refractivity contribution in [2.75, 3.05) is 13.2 Å². The molecule has 0 radical (unpaired) electrons. The van der Waals surface area contributed by atoms with E-state index in [4.69, 9.17) is 10.5 Å². The van der Waals surface area contributed by atoms with Gasteiger partial charge in [0, 0.05) is 30.4 Å². The number of carbonyl (C=O) groups excluding carboxylic acids is 3. The molecule has 2 atom stereocenters. The molecule has 1 unspecified atom stereocenters. The molecule has 2 saturated heterocycles. The number of benzene rings is 1. The first-order valence-electron chi connectivity index (χ1n) is 9.73. The average molecular weight is 426 g/mol. The Morgan fingerprint density at radius 1 is 1.24 bits per heavy atom. The lowest BCUT2D eigenvalue weighted by molar-refractivity contribution is -0.145. The predicted octanol–water partition coefficient (Wildman–Crippen LogP) is 2.00. The van der Waals surface area contributed by atoms with Gasteiger partial charge < -0.3 is 10.5 Å². The van der Waals surface area contributed by atoms with Crippen molar-refractivity contribution in [3.63, 3.8) is 0 Å². The van der Waals surface area contributed by atoms with Gasteiger partial charge in [-0.2, -0.15) is 0 Å². The number of barbiturate groups is 1. The van der Waals surface area contributed by atoms with E-state index in [0.29, 0.717) is 50.9 Å². The predicted molar refractivity (Wildman–Crippen MR) is 105 cm³/mol. The number of nitrogens with one attached hydrogen (secondary N) is 1. The third-order valence-corrected chi connectivity index (χ3v) is 6.17. The van der Waals surface area contributed by atoms with E-state index in [-0.39, 0.29) is 30.7 Å². The topological polar surface area (TPSA) is 102 Å². The molecule has 1 aliphatic carbocycles. The molecule has 0 spiro atoms. The fourth-order valence-corrected chi connectivity index (χ4v) is 4.65. The van der Waals surface area contributed by atoms with Crippen molar-refractivity contribution in [1.82, 2.24) is 10.2 Å². The number of fused-ring (bicyclic) bond motifs is 1. The van der Waals surface area contributed by atoms with Gasteiger partial charge in [-0.05, 0) is 50.2 Å². The number of rotatable bonds is 4. The maximum Gasteiger partial charge on any atom is 0.331 e. The number of ether oxygens (including phenoxy) is 1. The molecule has 0 bridgehead atoms. The number of imide groups is 2. The van der Waals surface area contributed by atoms with Gasteiger partial charge in [-0.1, -0.05) is 12.1 Å². The van der Waals surface area contributed by atoms with Crippen molar-refractivity contribution in [2.45, 2.75) is 50.1 Å². The molecule has 158 valence electrons. The number of halogens is 2. The second-order valence-electron chi connectivity index (χ2n) is 7.87. The van der Waals surface area contributed by atoms with E-state index in [0.717, 1.165) is 5.56 Å². The van der Waals surface area contributed by atoms with Crippen molar-refractivity contribution in [2.24, 2.45) is 11.7 Å². The number of urea groups is 1. The van der Waals surface area contributed by atoms with Crippen molar-refractivity contribution < 1.29 is 23.5 Å². The van der Waals surface area contributed by atoms with E-state index in [2.05, 4.69) is 5.32 Å². The van der Waals surface area contributed by atoms with Gasteiger partial charge in [0.15, 0.2) is 0 Å². The van der Waals surface area contributed by atoms with Crippen molar-refractivity contribution >= 4 is 30.3 Å². The number of amides is 4. The Bertz CT molecular complexity index is 830. The van der Waals surface area contributed by atoms with E-state index in [9.17, 15) is 18.8 Å². The summed E-state index contributed by atoms with van der Waals surface area (Å²) in [6.45, 7) is 0.949. The zero-order chi connectivity index (χ0) is 19.9. The number of nitrogens with two attached hydrogens (primary N) is 1. The van der Waals surface area contributed by atoms with Crippen LogP contribution in [0.3, 0.4) is 0 Å². The molecule has 0 saturated carbocycles. The lowest BCUT2D eigenvalue weighted by Gasteiger charge is -2.38. The molecule has 2 fully saturated rings. The van der Waals surface area contributed by atoms with E-state index in [1.807, 2.05) is 6.07 Å². The minimum Gasteiger partial charge on any atom is -0.381 e. The molecule has 3 N–H and O–H groups in total. The first kappa shape index (κ1) is 21.7. The summed E-state index contributed by atoms with van der Waals surface area (Å²) < 4.78 is 19.7. The molecule has 3 aliphatic rings. The third kappa shape index (κ3) is 3.89. The summed E-state index contributed by atoms with van der Waals surface area (Å²) in [7, 11) is 0. The summed E-state index contributed by atoms with van der Waals surface area (Å²) in [4.78, 5) is 38.7. The quantitative estimate of drug-likeness (QED) is 0.718. The number of hydrogen-bond acceptors (Lipinski definition) is 5. The first-order chi connectivity index (χ1) is 13.4. The molecule has 4 amide bonds. The zero-order valence-electron chi connectivity index (χ0n) is 16.0. The minimum absolute atomic E-state index is 0. The Morgan fingerprint density at radius 2 is 1.97 bits per heavy atom. The molecule has 0 aromatic heterocycles. The lowest BCUT2D eigenvalue weighted by atomic mass is 9.83. The van der Waals surface area contributed by atoms with Crippen LogP contribution >= 0.6 is 12.4 Å². The number of nitrogens with zero attached hydrogens (tertiary/aromatic N) is 1. The fourth-order valence-electron chi connectivity index (χ4n) is 4.65. The molecule has 9 heteroatoms. The Kier molecular flexibility index (Phi) is 6.26. The molecule has 1 aromatic carbocycles. The smallest absolute Gasteiger partial charge is 0.331 e. The summed E-state index contributed by atoms with van der Waals surface area (Å²) in [5, 5.41) is 2.30. The van der Waals surface area contributed by atoms with Gasteiger partial charge in [0.05, 0.1) is 0 Å². The highest BCUT2D eigenvalue weighted by molar-refractivity contribution is 6.16. The van der Waals surface area contributed by atoms with Crippen LogP contribution in [0.2, 0.25) is 0 Å². The van der Waals surface area contributed by atoms with Gasteiger partial charge in [0.2, 0.25) is 11.8 Å². The second kappa shape index (κ2) is 8.38. The van der Waals surface area contributed by atoms with Crippen LogP contribution in [0, 0.1) is 11.7 Å². The molecule has 29 heavy (non-hydrogen) atoms. The van der Waals surface area contributed by atoms with Crippen LogP contribution < -0.4 is 11.1 Å². The lowest BCUT2D eigenvalue weighted by Crippen LogP contribution is -2.61. The van der Waals surface area contributed by atoms with Crippen molar-refractivity contribution in [3.05, 3.63) is 35.1 Å². The first-order valence-corrected chi connectivity index (χ1v) is 9.73. The highest BCUT2D eigenvalue weighted by Crippen LogP contribution is 2.40. The van der Waals surface area contributed by atoms with Crippen LogP contribution in [0.25, 0.3) is 0 Å². The maximum absolute atomic E-state index is 14.4. The summed E-state index contributed by atoms with van der Waals surface area (Å²) in [6, 6.07) is 3.97. The molecular formula is C20H25ClFN3O4. The van der Waals surface area contributed by atoms with Gasteiger partial charge in [-0.15, -0.1) is 12.4 Å². The van der Waals surface area contributed by atoms with E-state index in [1.165, 1.54) is 11.0 Å². The third-order valence-electron chi connectivity index (χ3n) is 6.17. The van der Waals surface area contributed by atoms with E-state index in [1.54, 1.807) is 6.07 Å². The van der Waals surface area contributed by atoms with Gasteiger partial charge >= 0.3 is 6.03 Å². The van der Waals surface area contributed by atoms with Crippen LogP contribution in [-0.2, 0) is 26.3 Å². The SMILES string of the molecule is Cl.N[C@]1(CCC2C(=O)NC(=O)N(C3CCOCC3)C2=O)CCc2cccc(F)c21. The molecule has 2 aliphatic heterocycles. The van der Waals surface area contributed by atoms with Crippen LogP contribution in [0.5, 0.6) is 0 Å². The van der Waals surface area contributed by atoms with Crippen molar-refractivity contribution in [1.29, 1.82) is 0 Å². The Balaban J connectivity index is 0.00000240. The van der Waals surface area contributed by atoms with Crippen molar-refractivity contribution in [3.8, 4) is 0 Å². The molecule has 1 aromatic rings. The van der Waals surface area contributed by atoms with Gasteiger partial charge in [0.25, 0.3) is 0 Å². The summed E-state index contributed by atoms with van der Waals surface area (Å²) in [5.74, 6) is -2.43. The fraction of sp³-hybridized carbons (Fsp3) is 0.550. The second-order valence-corrected chi connectivity index (χ2v) is 7.87. The van der Waals surface area contributed by atoms with E-state index >= 15 is 0 Å². The highest BCUT2D eigenvalue weighted by atomic mass is 35.5. The normalized spacial score (nSPS) is 27.4. The Hall–Kier alpha value is -2.03. The van der Waals surface area contributed by atoms with Gasteiger partial charge in [-0.3, -0.25) is 19.8 Å². The van der Waals surface area contributed by atoms with Gasteiger partial charge in [0.1, 0.15) is 11.7 Å². The summed E-state index contributed by atoms with van der Waals surface area (Å²) in [6.07, 6.45) is 2.80. The molecular weight excluding hydrogens is 401 g/mol. The molecule has 2 heterocycles. The van der Waals surface area contributed by atoms with Crippen LogP contribution in [0.15, 0.2) is 18.2 Å². The zero-order valence-corrected chi connectivity index (χ0v) is 16.8. The van der Waals surface area contributed by atoms with Gasteiger partial charge in [-0.25, -0.2) is 9.18 Å². The summed E-state index contributed by atoms with van der Waals surface area (Å²) >= 11 is 0. The largest absolute Gasteiger partial charge is 0.381 e. The Labute approximate surface area is 174 Å². The monoisotopic (exact) mass is 425 g/mol. The van der Waals surface area contributed by atoms with Crippen LogP contribution in [0.1, 0.15) is 43.2 Å². The van der Waals surface area contributed by atoms with Crippen LogP contribution in [-0.4, -0.2) is 42.0 Å². The van der Waals surface area contributed by atoms with E-state index < -0.39 is 29.3 Å².